The van der Waals surface area contributed by atoms with Crippen molar-refractivity contribution in [2.45, 2.75) is 78.9 Å². The molecule has 0 aromatic carbocycles. The maximum absolute atomic E-state index is 9.83. The molecule has 0 aliphatic carbocycles. The normalized spacial score (nSPS) is 15.0. The van der Waals surface area contributed by atoms with Crippen LogP contribution in [-0.4, -0.2) is 37.0 Å². The van der Waals surface area contributed by atoms with Crippen LogP contribution in [0.15, 0.2) is 0 Å². The minimum Gasteiger partial charge on any atom is -0.389 e. The number of aliphatic hydroxyl groups is 1. The lowest BCUT2D eigenvalue weighted by Gasteiger charge is -2.17. The van der Waals surface area contributed by atoms with Crippen molar-refractivity contribution >= 4 is 0 Å². The summed E-state index contributed by atoms with van der Waals surface area (Å²) in [6.07, 6.45) is 5.62. The minimum atomic E-state index is -0.387. The zero-order chi connectivity index (χ0) is 15.4. The standard InChI is InChI=1S/C17H37NO2/c1-14(2)8-6-10-16(5)18-12-17(19)13-20-11-7-9-15(3)4/h14-19H,6-13H2,1-5H3. The van der Waals surface area contributed by atoms with Gasteiger partial charge in [0.2, 0.25) is 0 Å². The van der Waals surface area contributed by atoms with Gasteiger partial charge in [-0.05, 0) is 38.0 Å². The third-order valence-corrected chi connectivity index (χ3v) is 3.50. The largest absolute Gasteiger partial charge is 0.389 e. The predicted molar refractivity (Wildman–Crippen MR) is 87.1 cm³/mol. The van der Waals surface area contributed by atoms with Crippen LogP contribution in [0.5, 0.6) is 0 Å². The van der Waals surface area contributed by atoms with E-state index < -0.39 is 0 Å². The second-order valence-electron chi connectivity index (χ2n) is 6.90. The number of ether oxygens (including phenoxy) is 1. The topological polar surface area (TPSA) is 41.5 Å². The molecule has 0 radical (unpaired) electrons. The van der Waals surface area contributed by atoms with Crippen molar-refractivity contribution < 1.29 is 9.84 Å². The van der Waals surface area contributed by atoms with Gasteiger partial charge in [0.25, 0.3) is 0 Å². The zero-order valence-electron chi connectivity index (χ0n) is 14.3. The first-order valence-electron chi connectivity index (χ1n) is 8.41. The van der Waals surface area contributed by atoms with E-state index in [2.05, 4.69) is 39.9 Å². The van der Waals surface area contributed by atoms with E-state index in [1.165, 1.54) is 25.7 Å². The predicted octanol–water partition coefficient (Wildman–Crippen LogP) is 3.60. The highest BCUT2D eigenvalue weighted by molar-refractivity contribution is 4.65. The molecule has 0 rings (SSSR count). The maximum atomic E-state index is 9.83. The fourth-order valence-corrected chi connectivity index (χ4v) is 2.14. The van der Waals surface area contributed by atoms with Gasteiger partial charge in [-0.1, -0.05) is 40.5 Å². The fourth-order valence-electron chi connectivity index (χ4n) is 2.14. The Labute approximate surface area is 126 Å². The molecule has 122 valence electrons. The highest BCUT2D eigenvalue weighted by atomic mass is 16.5. The molecule has 2 unspecified atom stereocenters. The summed E-state index contributed by atoms with van der Waals surface area (Å²) >= 11 is 0. The lowest BCUT2D eigenvalue weighted by atomic mass is 10.0. The monoisotopic (exact) mass is 287 g/mol. The third-order valence-electron chi connectivity index (χ3n) is 3.50. The molecule has 3 nitrogen and oxygen atoms in total. The third kappa shape index (κ3) is 14.3. The Morgan fingerprint density at radius 2 is 1.50 bits per heavy atom. The Bertz CT molecular complexity index is 207. The number of rotatable bonds is 13. The number of hydrogen-bond acceptors (Lipinski definition) is 3. The van der Waals surface area contributed by atoms with E-state index in [1.807, 2.05) is 0 Å². The summed E-state index contributed by atoms with van der Waals surface area (Å²) in [5, 5.41) is 13.2. The van der Waals surface area contributed by atoms with E-state index in [-0.39, 0.29) is 6.10 Å². The summed E-state index contributed by atoms with van der Waals surface area (Å²) in [7, 11) is 0. The van der Waals surface area contributed by atoms with Gasteiger partial charge in [0, 0.05) is 19.2 Å². The first kappa shape index (κ1) is 19.9. The molecule has 0 amide bonds. The summed E-state index contributed by atoms with van der Waals surface area (Å²) in [6.45, 7) is 13.0. The molecular formula is C17H37NO2. The van der Waals surface area contributed by atoms with Gasteiger partial charge in [-0.2, -0.15) is 0 Å². The van der Waals surface area contributed by atoms with Gasteiger partial charge in [0.1, 0.15) is 0 Å². The van der Waals surface area contributed by atoms with Crippen LogP contribution in [0.3, 0.4) is 0 Å². The molecule has 2 atom stereocenters. The van der Waals surface area contributed by atoms with Crippen molar-refractivity contribution in [2.75, 3.05) is 19.8 Å². The van der Waals surface area contributed by atoms with Crippen LogP contribution in [-0.2, 0) is 4.74 Å². The molecule has 2 N–H and O–H groups in total. The van der Waals surface area contributed by atoms with Crippen LogP contribution < -0.4 is 5.32 Å². The first-order chi connectivity index (χ1) is 9.41. The van der Waals surface area contributed by atoms with Crippen LogP contribution in [0.25, 0.3) is 0 Å². The van der Waals surface area contributed by atoms with Gasteiger partial charge in [-0.3, -0.25) is 0 Å². The van der Waals surface area contributed by atoms with Crippen molar-refractivity contribution in [3.05, 3.63) is 0 Å². The molecule has 3 heteroatoms. The summed E-state index contributed by atoms with van der Waals surface area (Å²) < 4.78 is 5.50. The van der Waals surface area contributed by atoms with Gasteiger partial charge in [-0.15, -0.1) is 0 Å². The summed E-state index contributed by atoms with van der Waals surface area (Å²) in [4.78, 5) is 0. The molecule has 0 bridgehead atoms. The van der Waals surface area contributed by atoms with E-state index in [9.17, 15) is 5.11 Å². The van der Waals surface area contributed by atoms with E-state index in [1.54, 1.807) is 0 Å². The smallest absolute Gasteiger partial charge is 0.0897 e. The zero-order valence-corrected chi connectivity index (χ0v) is 14.3. The molecule has 0 aromatic rings. The van der Waals surface area contributed by atoms with Crippen molar-refractivity contribution in [1.29, 1.82) is 0 Å². The Balaban J connectivity index is 3.40. The van der Waals surface area contributed by atoms with Gasteiger partial charge in [0.15, 0.2) is 0 Å². The van der Waals surface area contributed by atoms with Gasteiger partial charge < -0.3 is 15.2 Å². The molecule has 0 aliphatic heterocycles. The van der Waals surface area contributed by atoms with E-state index in [0.29, 0.717) is 19.2 Å². The SMILES string of the molecule is CC(C)CCCOCC(O)CNC(C)CCCC(C)C. The van der Waals surface area contributed by atoms with Gasteiger partial charge in [-0.25, -0.2) is 0 Å². The summed E-state index contributed by atoms with van der Waals surface area (Å²) in [5.41, 5.74) is 0. The second kappa shape index (κ2) is 12.6. The highest BCUT2D eigenvalue weighted by Crippen LogP contribution is 2.08. The second-order valence-corrected chi connectivity index (χ2v) is 6.90. The van der Waals surface area contributed by atoms with Gasteiger partial charge in [0.05, 0.1) is 12.7 Å². The Hall–Kier alpha value is -0.120. The van der Waals surface area contributed by atoms with Crippen molar-refractivity contribution in [3.63, 3.8) is 0 Å². The molecule has 20 heavy (non-hydrogen) atoms. The Morgan fingerprint density at radius 3 is 2.10 bits per heavy atom. The van der Waals surface area contributed by atoms with E-state index in [0.717, 1.165) is 24.9 Å². The molecule has 0 fully saturated rings. The molecule has 0 saturated carbocycles. The van der Waals surface area contributed by atoms with Crippen molar-refractivity contribution in [2.24, 2.45) is 11.8 Å². The molecular weight excluding hydrogens is 250 g/mol. The number of hydrogen-bond donors (Lipinski definition) is 2. The molecule has 0 spiro atoms. The molecule has 0 saturated heterocycles. The van der Waals surface area contributed by atoms with Gasteiger partial charge >= 0.3 is 0 Å². The lowest BCUT2D eigenvalue weighted by Crippen LogP contribution is -2.36. The highest BCUT2D eigenvalue weighted by Gasteiger charge is 2.07. The van der Waals surface area contributed by atoms with Crippen molar-refractivity contribution in [3.8, 4) is 0 Å². The summed E-state index contributed by atoms with van der Waals surface area (Å²) in [6, 6.07) is 0.476. The van der Waals surface area contributed by atoms with Crippen LogP contribution in [0.2, 0.25) is 0 Å². The van der Waals surface area contributed by atoms with Crippen LogP contribution >= 0.6 is 0 Å². The maximum Gasteiger partial charge on any atom is 0.0897 e. The number of nitrogens with one attached hydrogen (secondary N) is 1. The minimum absolute atomic E-state index is 0.387. The lowest BCUT2D eigenvalue weighted by molar-refractivity contribution is 0.0335. The average Bonchev–Trinajstić information content (AvgIpc) is 2.35. The Kier molecular flexibility index (Phi) is 12.5. The van der Waals surface area contributed by atoms with E-state index in [4.69, 9.17) is 4.74 Å². The first-order valence-corrected chi connectivity index (χ1v) is 8.41. The number of aliphatic hydroxyl groups excluding tert-OH is 1. The van der Waals surface area contributed by atoms with Crippen LogP contribution in [0.1, 0.15) is 66.7 Å². The molecule has 0 aromatic heterocycles. The fraction of sp³-hybridized carbons (Fsp3) is 1.00. The molecule has 0 aliphatic rings. The average molecular weight is 287 g/mol. The van der Waals surface area contributed by atoms with Crippen LogP contribution in [0.4, 0.5) is 0 Å². The Morgan fingerprint density at radius 1 is 0.900 bits per heavy atom. The quantitative estimate of drug-likeness (QED) is 0.509. The van der Waals surface area contributed by atoms with Crippen LogP contribution in [0, 0.1) is 11.8 Å². The summed E-state index contributed by atoms with van der Waals surface area (Å²) in [5.74, 6) is 1.52. The van der Waals surface area contributed by atoms with Crippen molar-refractivity contribution in [1.82, 2.24) is 5.32 Å². The molecule has 0 heterocycles. The van der Waals surface area contributed by atoms with E-state index >= 15 is 0 Å².